The lowest BCUT2D eigenvalue weighted by Crippen LogP contribution is -2.55. The summed E-state index contributed by atoms with van der Waals surface area (Å²) in [6.07, 6.45) is 3.54. The molecule has 2 saturated heterocycles. The van der Waals surface area contributed by atoms with Crippen LogP contribution in [-0.4, -0.2) is 113 Å². The highest BCUT2D eigenvalue weighted by atomic mass is 16.6. The molecule has 63 heavy (non-hydrogen) atoms. The third-order valence-electron chi connectivity index (χ3n) is 11.5. The molecule has 16 nitrogen and oxygen atoms in total. The first-order valence-electron chi connectivity index (χ1n) is 21.3. The molecular weight excluding hydrogens is 813 g/mol. The van der Waals surface area contributed by atoms with Gasteiger partial charge in [0.15, 0.2) is 12.5 Å². The molecule has 0 bridgehead atoms. The largest absolute Gasteiger partial charge is 0.508 e. The number of aromatic hydroxyl groups is 1. The molecule has 3 N–H and O–H groups in total. The third kappa shape index (κ3) is 10.1. The average Bonchev–Trinajstić information content (AvgIpc) is 3.42. The van der Waals surface area contributed by atoms with Gasteiger partial charge in [0, 0.05) is 25.2 Å². The first kappa shape index (κ1) is 46.1. The van der Waals surface area contributed by atoms with E-state index in [-0.39, 0.29) is 66.7 Å². The Morgan fingerprint density at radius 2 is 1.25 bits per heavy atom. The molecule has 3 aromatic rings. The van der Waals surface area contributed by atoms with Crippen LogP contribution in [-0.2, 0) is 32.0 Å². The van der Waals surface area contributed by atoms with Crippen LogP contribution in [0.1, 0.15) is 88.4 Å². The van der Waals surface area contributed by atoms with E-state index in [0.29, 0.717) is 55.0 Å². The van der Waals surface area contributed by atoms with Crippen molar-refractivity contribution in [2.45, 2.75) is 96.9 Å². The van der Waals surface area contributed by atoms with E-state index in [1.807, 2.05) is 31.2 Å². The van der Waals surface area contributed by atoms with Gasteiger partial charge in [0.05, 0.1) is 47.6 Å². The molecule has 4 aliphatic heterocycles. The molecule has 4 heterocycles. The van der Waals surface area contributed by atoms with Crippen molar-refractivity contribution in [3.63, 3.8) is 0 Å². The van der Waals surface area contributed by atoms with Crippen LogP contribution in [0, 0.1) is 13.8 Å². The summed E-state index contributed by atoms with van der Waals surface area (Å²) in [5.74, 6) is -0.374. The number of amides is 4. The van der Waals surface area contributed by atoms with E-state index in [1.165, 1.54) is 18.2 Å². The molecule has 0 radical (unpaired) electrons. The van der Waals surface area contributed by atoms with E-state index in [0.717, 1.165) is 46.6 Å². The minimum atomic E-state index is -1.27. The smallest absolute Gasteiger partial charge is 0.416 e. The standard InChI is InChI=1S/C29H34N2O7.C18H22N2O5/c1-4-13-37-29(35)31-24-17-25(38-18-21-10-8-9-20(15-21)16-26(32)36-5-2)19(3)14-22(24)27(33)30-12-7-6-11-23(30)28(31)34;1-3-8-25-18(24)20-14-10-15(21)11(2)9-12(14)16(22)19-7-5-4-6-13(19)17(20)23/h4,8-10,14-15,17,23,28,34H,1,5-7,11-13,16,18H2,2-3H3;3,9-10,13,17,21,23H,1,4-8H2,2H3/t23-,28?;13-,17?/m00/s1. The summed E-state index contributed by atoms with van der Waals surface area (Å²) < 4.78 is 21.5. The van der Waals surface area contributed by atoms with Crippen LogP contribution in [0.4, 0.5) is 21.0 Å². The number of aliphatic hydroxyl groups excluding tert-OH is 2. The van der Waals surface area contributed by atoms with E-state index in [1.54, 1.807) is 41.8 Å². The van der Waals surface area contributed by atoms with Gasteiger partial charge in [-0.05, 0) is 93.7 Å². The van der Waals surface area contributed by atoms with Crippen LogP contribution >= 0.6 is 0 Å². The Morgan fingerprint density at radius 3 is 1.79 bits per heavy atom. The van der Waals surface area contributed by atoms with Crippen LogP contribution < -0.4 is 14.5 Å². The number of ether oxygens (including phenoxy) is 4. The lowest BCUT2D eigenvalue weighted by Gasteiger charge is -2.38. The number of esters is 1. The minimum Gasteiger partial charge on any atom is -0.508 e. The number of piperidine rings is 2. The molecule has 16 heteroatoms. The second kappa shape index (κ2) is 20.7. The fourth-order valence-corrected chi connectivity index (χ4v) is 8.42. The predicted molar refractivity (Wildman–Crippen MR) is 233 cm³/mol. The van der Waals surface area contributed by atoms with Gasteiger partial charge in [0.25, 0.3) is 11.8 Å². The van der Waals surface area contributed by atoms with Crippen LogP contribution in [0.25, 0.3) is 0 Å². The zero-order valence-electron chi connectivity index (χ0n) is 36.0. The average molecular weight is 869 g/mol. The number of benzene rings is 3. The molecule has 4 amide bonds. The molecular formula is C47H56N4O12. The number of carbonyl (C=O) groups is 5. The topological polar surface area (TPSA) is 196 Å². The van der Waals surface area contributed by atoms with Crippen molar-refractivity contribution in [1.29, 1.82) is 0 Å². The van der Waals surface area contributed by atoms with Gasteiger partial charge in [0.1, 0.15) is 31.3 Å². The maximum Gasteiger partial charge on any atom is 0.416 e. The van der Waals surface area contributed by atoms with Crippen molar-refractivity contribution in [3.8, 4) is 11.5 Å². The monoisotopic (exact) mass is 868 g/mol. The first-order chi connectivity index (χ1) is 30.3. The van der Waals surface area contributed by atoms with E-state index >= 15 is 0 Å². The molecule has 336 valence electrons. The maximum atomic E-state index is 13.6. The lowest BCUT2D eigenvalue weighted by molar-refractivity contribution is -0.142. The van der Waals surface area contributed by atoms with Crippen molar-refractivity contribution in [2.24, 2.45) is 0 Å². The Hall–Kier alpha value is -6.39. The van der Waals surface area contributed by atoms with Crippen molar-refractivity contribution in [3.05, 3.63) is 107 Å². The predicted octanol–water partition coefficient (Wildman–Crippen LogP) is 6.29. The number of rotatable bonds is 10. The third-order valence-corrected chi connectivity index (χ3v) is 11.5. The number of phenolic OH excluding ortho intramolecular Hbond substituents is 1. The molecule has 2 unspecified atom stereocenters. The second-order valence-electron chi connectivity index (χ2n) is 15.8. The summed E-state index contributed by atoms with van der Waals surface area (Å²) in [4.78, 5) is 69.5. The van der Waals surface area contributed by atoms with Crippen LogP contribution in [0.3, 0.4) is 0 Å². The molecule has 2 fully saturated rings. The minimum absolute atomic E-state index is 0.0163. The fraction of sp³-hybridized carbons (Fsp3) is 0.426. The molecule has 7 rings (SSSR count). The number of fused-ring (bicyclic) bond motifs is 4. The van der Waals surface area contributed by atoms with Crippen molar-refractivity contribution in [1.82, 2.24) is 9.80 Å². The Kier molecular flexibility index (Phi) is 15.1. The highest BCUT2D eigenvalue weighted by Gasteiger charge is 2.45. The van der Waals surface area contributed by atoms with E-state index in [2.05, 4.69) is 13.2 Å². The molecule has 0 spiro atoms. The van der Waals surface area contributed by atoms with Crippen molar-refractivity contribution in [2.75, 3.05) is 42.7 Å². The molecule has 0 aromatic heterocycles. The van der Waals surface area contributed by atoms with Gasteiger partial charge < -0.3 is 44.1 Å². The Morgan fingerprint density at radius 1 is 0.730 bits per heavy atom. The fourth-order valence-electron chi connectivity index (χ4n) is 8.42. The molecule has 4 atom stereocenters. The molecule has 0 aliphatic carbocycles. The van der Waals surface area contributed by atoms with Gasteiger partial charge in [-0.1, -0.05) is 49.6 Å². The van der Waals surface area contributed by atoms with E-state index < -0.39 is 36.7 Å². The van der Waals surface area contributed by atoms with Gasteiger partial charge in [0.2, 0.25) is 0 Å². The highest BCUT2D eigenvalue weighted by Crippen LogP contribution is 2.40. The van der Waals surface area contributed by atoms with Gasteiger partial charge in [-0.3, -0.25) is 14.4 Å². The van der Waals surface area contributed by atoms with Crippen molar-refractivity contribution < 1.29 is 58.2 Å². The molecule has 0 saturated carbocycles. The number of hydrogen-bond donors (Lipinski definition) is 3. The summed E-state index contributed by atoms with van der Waals surface area (Å²) in [6, 6.07) is 12.6. The summed E-state index contributed by atoms with van der Waals surface area (Å²) >= 11 is 0. The Balaban J connectivity index is 0.000000228. The Bertz CT molecular complexity index is 2230. The number of carbonyl (C=O) groups excluding carboxylic acids is 5. The number of phenols is 1. The number of aryl methyl sites for hydroxylation is 2. The second-order valence-corrected chi connectivity index (χ2v) is 15.8. The zero-order chi connectivity index (χ0) is 45.4. The summed E-state index contributed by atoms with van der Waals surface area (Å²) in [5, 5.41) is 32.2. The number of anilines is 2. The summed E-state index contributed by atoms with van der Waals surface area (Å²) in [6.45, 7) is 13.9. The van der Waals surface area contributed by atoms with Gasteiger partial charge in [-0.15, -0.1) is 0 Å². The van der Waals surface area contributed by atoms with Gasteiger partial charge in [-0.2, -0.15) is 0 Å². The van der Waals surface area contributed by atoms with Crippen LogP contribution in [0.2, 0.25) is 0 Å². The van der Waals surface area contributed by atoms with Gasteiger partial charge >= 0.3 is 18.2 Å². The first-order valence-corrected chi connectivity index (χ1v) is 21.3. The van der Waals surface area contributed by atoms with E-state index in [4.69, 9.17) is 18.9 Å². The van der Waals surface area contributed by atoms with Crippen molar-refractivity contribution >= 4 is 41.3 Å². The number of nitrogens with zero attached hydrogens (tertiary/aromatic N) is 4. The zero-order valence-corrected chi connectivity index (χ0v) is 36.0. The number of hydrogen-bond acceptors (Lipinski definition) is 12. The SMILES string of the molecule is C=CCOC(=O)N1c2cc(O)c(C)cc2C(=O)N2CCCC[C@H]2C1O.C=CCOC(=O)N1c2cc(OCc3cccc(CC(=O)OCC)c3)c(C)cc2C(=O)N2CCCC[C@H]2C1O. The van der Waals surface area contributed by atoms with Gasteiger partial charge in [-0.25, -0.2) is 19.4 Å². The van der Waals surface area contributed by atoms with Crippen LogP contribution in [0.15, 0.2) is 73.8 Å². The Labute approximate surface area is 366 Å². The van der Waals surface area contributed by atoms with E-state index in [9.17, 15) is 39.3 Å². The maximum absolute atomic E-state index is 13.6. The number of aliphatic hydroxyl groups is 2. The lowest BCUT2D eigenvalue weighted by atomic mass is 10.00. The normalized spacial score (nSPS) is 20.3. The highest BCUT2D eigenvalue weighted by molar-refractivity contribution is 6.06. The summed E-state index contributed by atoms with van der Waals surface area (Å²) in [5.41, 5.74) is 3.87. The summed E-state index contributed by atoms with van der Waals surface area (Å²) in [7, 11) is 0. The molecule has 3 aromatic carbocycles. The quantitative estimate of drug-likeness (QED) is 0.117. The van der Waals surface area contributed by atoms with Crippen LogP contribution in [0.5, 0.6) is 11.5 Å². The molecule has 4 aliphatic rings.